The van der Waals surface area contributed by atoms with E-state index in [9.17, 15) is 9.59 Å². The number of nitrogens with one attached hydrogen (secondary N) is 2. The van der Waals surface area contributed by atoms with Crippen LogP contribution in [0.2, 0.25) is 20.1 Å². The first-order chi connectivity index (χ1) is 16.3. The minimum Gasteiger partial charge on any atom is -0.322 e. The van der Waals surface area contributed by atoms with Crippen LogP contribution in [0, 0.1) is 0 Å². The van der Waals surface area contributed by atoms with E-state index in [-0.39, 0.29) is 21.9 Å². The highest BCUT2D eigenvalue weighted by Gasteiger charge is 2.12. The average Bonchev–Trinajstić information content (AvgIpc) is 2.80. The Balaban J connectivity index is 1.42. The van der Waals surface area contributed by atoms with Crippen molar-refractivity contribution in [3.05, 3.63) is 116 Å². The second-order valence-electron chi connectivity index (χ2n) is 7.31. The van der Waals surface area contributed by atoms with Crippen LogP contribution in [0.25, 0.3) is 11.1 Å². The van der Waals surface area contributed by atoms with Crippen LogP contribution in [0.15, 0.2) is 84.9 Å². The fourth-order valence-electron chi connectivity index (χ4n) is 3.24. The highest BCUT2D eigenvalue weighted by Crippen LogP contribution is 2.26. The molecule has 0 aliphatic heterocycles. The number of carbonyl (C=O) groups excluding carboxylic acids is 2. The average molecular weight is 530 g/mol. The summed E-state index contributed by atoms with van der Waals surface area (Å²) in [5.74, 6) is -0.648. The molecule has 4 rings (SSSR count). The molecule has 4 nitrogen and oxygen atoms in total. The van der Waals surface area contributed by atoms with Gasteiger partial charge in [-0.15, -0.1) is 0 Å². The van der Waals surface area contributed by atoms with E-state index in [1.807, 2.05) is 24.3 Å². The summed E-state index contributed by atoms with van der Waals surface area (Å²) in [6, 6.07) is 24.2. The van der Waals surface area contributed by atoms with E-state index in [4.69, 9.17) is 46.4 Å². The predicted molar refractivity (Wildman–Crippen MR) is 141 cm³/mol. The summed E-state index contributed by atoms with van der Waals surface area (Å²) in [5, 5.41) is 7.13. The Morgan fingerprint density at radius 1 is 0.500 bits per heavy atom. The van der Waals surface area contributed by atoms with E-state index in [1.165, 1.54) is 12.1 Å². The second kappa shape index (κ2) is 10.5. The molecule has 0 heterocycles. The summed E-state index contributed by atoms with van der Waals surface area (Å²) in [6.07, 6.45) is 0. The maximum absolute atomic E-state index is 12.5. The topological polar surface area (TPSA) is 58.2 Å². The molecule has 2 amide bonds. The number of anilines is 2. The number of amides is 2. The summed E-state index contributed by atoms with van der Waals surface area (Å²) in [7, 11) is 0. The van der Waals surface area contributed by atoms with Crippen LogP contribution < -0.4 is 10.6 Å². The predicted octanol–water partition coefficient (Wildman–Crippen LogP) is 8.47. The van der Waals surface area contributed by atoms with Crippen molar-refractivity contribution in [3.8, 4) is 11.1 Å². The van der Waals surface area contributed by atoms with Crippen molar-refractivity contribution in [3.63, 3.8) is 0 Å². The minimum absolute atomic E-state index is 0.284. The summed E-state index contributed by atoms with van der Waals surface area (Å²) < 4.78 is 0. The molecule has 0 unspecified atom stereocenters. The zero-order chi connectivity index (χ0) is 24.2. The van der Waals surface area contributed by atoms with Gasteiger partial charge in [0, 0.05) is 21.4 Å². The Morgan fingerprint density at radius 2 is 0.853 bits per heavy atom. The Bertz CT molecular complexity index is 1260. The molecule has 170 valence electrons. The monoisotopic (exact) mass is 528 g/mol. The van der Waals surface area contributed by atoms with Crippen LogP contribution in [-0.4, -0.2) is 11.8 Å². The molecule has 0 aliphatic carbocycles. The van der Waals surface area contributed by atoms with Crippen molar-refractivity contribution in [2.45, 2.75) is 0 Å². The van der Waals surface area contributed by atoms with E-state index >= 15 is 0 Å². The molecule has 0 bridgehead atoms. The Hall–Kier alpha value is -3.02. The van der Waals surface area contributed by atoms with Crippen LogP contribution in [0.4, 0.5) is 11.4 Å². The van der Waals surface area contributed by atoms with Gasteiger partial charge in [0.2, 0.25) is 0 Å². The summed E-state index contributed by atoms with van der Waals surface area (Å²) in [4.78, 5) is 25.0. The fourth-order valence-corrected chi connectivity index (χ4v) is 4.22. The molecule has 0 fully saturated rings. The lowest BCUT2D eigenvalue weighted by Gasteiger charge is -2.10. The largest absolute Gasteiger partial charge is 0.322 e. The number of rotatable bonds is 5. The molecule has 2 N–H and O–H groups in total. The number of hydrogen-bond donors (Lipinski definition) is 2. The first kappa shape index (κ1) is 24.1. The number of halogens is 4. The molecule has 8 heteroatoms. The quantitative estimate of drug-likeness (QED) is 0.272. The summed E-state index contributed by atoms with van der Waals surface area (Å²) in [5.41, 5.74) is 3.83. The second-order valence-corrected chi connectivity index (χ2v) is 9.00. The molecule has 0 saturated heterocycles. The summed E-state index contributed by atoms with van der Waals surface area (Å²) >= 11 is 24.0. The van der Waals surface area contributed by atoms with Crippen LogP contribution in [-0.2, 0) is 0 Å². The summed E-state index contributed by atoms with van der Waals surface area (Å²) in [6.45, 7) is 0. The normalized spacial score (nSPS) is 10.6. The molecular weight excluding hydrogens is 514 g/mol. The van der Waals surface area contributed by atoms with E-state index in [0.29, 0.717) is 32.5 Å². The van der Waals surface area contributed by atoms with Crippen LogP contribution in [0.3, 0.4) is 0 Å². The molecule has 0 spiro atoms. The Labute approximate surface area is 216 Å². The molecule has 0 radical (unpaired) electrons. The van der Waals surface area contributed by atoms with Gasteiger partial charge < -0.3 is 10.6 Å². The molecule has 4 aromatic carbocycles. The third kappa shape index (κ3) is 5.72. The third-order valence-corrected chi connectivity index (χ3v) is 6.07. The minimum atomic E-state index is -0.324. The van der Waals surface area contributed by atoms with Crippen molar-refractivity contribution < 1.29 is 9.59 Å². The van der Waals surface area contributed by atoms with Gasteiger partial charge in [-0.3, -0.25) is 9.59 Å². The Kier molecular flexibility index (Phi) is 7.44. The maximum atomic E-state index is 12.5. The smallest absolute Gasteiger partial charge is 0.257 e. The Morgan fingerprint density at radius 3 is 1.18 bits per heavy atom. The van der Waals surface area contributed by atoms with Crippen LogP contribution >= 0.6 is 46.4 Å². The van der Waals surface area contributed by atoms with Crippen molar-refractivity contribution in [1.29, 1.82) is 0 Å². The van der Waals surface area contributed by atoms with Gasteiger partial charge in [-0.25, -0.2) is 0 Å². The lowest BCUT2D eigenvalue weighted by atomic mass is 10.0. The van der Waals surface area contributed by atoms with E-state index < -0.39 is 0 Å². The van der Waals surface area contributed by atoms with Gasteiger partial charge in [-0.05, 0) is 71.8 Å². The highest BCUT2D eigenvalue weighted by atomic mass is 35.5. The van der Waals surface area contributed by atoms with Gasteiger partial charge in [0.05, 0.1) is 21.2 Å². The number of benzene rings is 4. The van der Waals surface area contributed by atoms with Crippen LogP contribution in [0.5, 0.6) is 0 Å². The standard InChI is InChI=1S/C26H16Cl4N2O2/c27-17-5-11-21(23(29)13-17)25(33)31-19-7-1-15(2-8-19)16-3-9-20(10-4-16)32-26(34)22-12-6-18(28)14-24(22)30/h1-14H,(H,31,33)(H,32,34). The zero-order valence-electron chi connectivity index (χ0n) is 17.4. The van der Waals surface area contributed by atoms with Crippen molar-refractivity contribution in [2.24, 2.45) is 0 Å². The molecule has 34 heavy (non-hydrogen) atoms. The van der Waals surface area contributed by atoms with Gasteiger partial charge >= 0.3 is 0 Å². The fraction of sp³-hybridized carbons (Fsp3) is 0. The molecule has 0 aromatic heterocycles. The van der Waals surface area contributed by atoms with Crippen molar-refractivity contribution >= 4 is 69.6 Å². The van der Waals surface area contributed by atoms with E-state index in [2.05, 4.69) is 10.6 Å². The van der Waals surface area contributed by atoms with Gasteiger partial charge in [0.25, 0.3) is 11.8 Å². The van der Waals surface area contributed by atoms with E-state index in [1.54, 1.807) is 48.5 Å². The zero-order valence-corrected chi connectivity index (χ0v) is 20.4. The number of hydrogen-bond acceptors (Lipinski definition) is 2. The first-order valence-corrected chi connectivity index (χ1v) is 11.5. The van der Waals surface area contributed by atoms with Crippen molar-refractivity contribution in [1.82, 2.24) is 0 Å². The van der Waals surface area contributed by atoms with Gasteiger partial charge in [-0.1, -0.05) is 70.7 Å². The molecule has 0 atom stereocenters. The first-order valence-electron chi connectivity index (χ1n) is 10.0. The van der Waals surface area contributed by atoms with Gasteiger partial charge in [-0.2, -0.15) is 0 Å². The molecular formula is C26H16Cl4N2O2. The van der Waals surface area contributed by atoms with Gasteiger partial charge in [0.15, 0.2) is 0 Å². The number of carbonyl (C=O) groups is 2. The SMILES string of the molecule is O=C(Nc1ccc(-c2ccc(NC(=O)c3ccc(Cl)cc3Cl)cc2)cc1)c1ccc(Cl)cc1Cl. The van der Waals surface area contributed by atoms with Gasteiger partial charge in [0.1, 0.15) is 0 Å². The molecule has 0 aliphatic rings. The lowest BCUT2D eigenvalue weighted by Crippen LogP contribution is -2.12. The van der Waals surface area contributed by atoms with E-state index in [0.717, 1.165) is 11.1 Å². The lowest BCUT2D eigenvalue weighted by molar-refractivity contribution is 0.101. The molecule has 4 aromatic rings. The molecule has 0 saturated carbocycles. The van der Waals surface area contributed by atoms with Crippen LogP contribution in [0.1, 0.15) is 20.7 Å². The van der Waals surface area contributed by atoms with Crippen molar-refractivity contribution in [2.75, 3.05) is 10.6 Å². The highest BCUT2D eigenvalue weighted by molar-refractivity contribution is 6.37. The third-order valence-electron chi connectivity index (χ3n) is 4.97. The maximum Gasteiger partial charge on any atom is 0.257 e.